The van der Waals surface area contributed by atoms with Gasteiger partial charge in [-0.1, -0.05) is 86.6 Å². The molecule has 2 saturated heterocycles. The Kier molecular flexibility index (Phi) is 9.01. The molecule has 0 amide bonds. The van der Waals surface area contributed by atoms with Crippen molar-refractivity contribution in [3.05, 3.63) is 63.5 Å². The van der Waals surface area contributed by atoms with Gasteiger partial charge in [0, 0.05) is 54.9 Å². The molecule has 4 aliphatic rings. The van der Waals surface area contributed by atoms with Gasteiger partial charge in [-0.2, -0.15) is 0 Å². The summed E-state index contributed by atoms with van der Waals surface area (Å²) in [5, 5.41) is 0.115. The number of benzene rings is 1. The fourth-order valence-electron chi connectivity index (χ4n) is 8.37. The third kappa shape index (κ3) is 6.08. The number of hydrogen-bond acceptors (Lipinski definition) is 5. The van der Waals surface area contributed by atoms with Crippen molar-refractivity contribution >= 4 is 8.32 Å². The molecule has 0 saturated carbocycles. The first-order valence-electron chi connectivity index (χ1n) is 18.2. The molecule has 1 spiro atoms. The summed E-state index contributed by atoms with van der Waals surface area (Å²) in [5.41, 5.74) is 9.03. The normalized spacial score (nSPS) is 28.7. The number of hydrogen-bond donors (Lipinski definition) is 0. The fourth-order valence-corrected chi connectivity index (χ4v) is 9.64. The smallest absolute Gasteiger partial charge is 0.192 e. The molecule has 0 N–H and O–H groups in total. The van der Waals surface area contributed by atoms with Gasteiger partial charge in [-0.3, -0.25) is 4.98 Å². The van der Waals surface area contributed by atoms with Crippen LogP contribution in [0.5, 0.6) is 0 Å². The van der Waals surface area contributed by atoms with Crippen LogP contribution in [0.4, 0.5) is 0 Å². The highest BCUT2D eigenvalue weighted by atomic mass is 28.4. The van der Waals surface area contributed by atoms with Gasteiger partial charge < -0.3 is 18.6 Å². The molecule has 4 atom stereocenters. The Morgan fingerprint density at radius 1 is 0.935 bits per heavy atom. The topological polar surface area (TPSA) is 49.8 Å². The SMILES string of the molecule is CCC1COCCC12OC(c1ccc(C(C)(C)C)cc1)c1c(C3CCOCC3)nc3c(c12)C(O[Si](C)(C)C(C)(C)C)CC(C)(C)C3. The second-order valence-electron chi connectivity index (χ2n) is 18.1. The number of rotatable bonds is 5. The van der Waals surface area contributed by atoms with Crippen LogP contribution in [-0.2, 0) is 36.1 Å². The Balaban J connectivity index is 1.64. The van der Waals surface area contributed by atoms with Crippen LogP contribution < -0.4 is 0 Å². The van der Waals surface area contributed by atoms with Crippen molar-refractivity contribution in [3.63, 3.8) is 0 Å². The van der Waals surface area contributed by atoms with E-state index in [0.717, 1.165) is 58.3 Å². The summed E-state index contributed by atoms with van der Waals surface area (Å²) in [4.78, 5) is 5.78. The second-order valence-corrected chi connectivity index (χ2v) is 22.9. The van der Waals surface area contributed by atoms with Gasteiger partial charge in [-0.15, -0.1) is 0 Å². The lowest BCUT2D eigenvalue weighted by Gasteiger charge is -2.47. The van der Waals surface area contributed by atoms with Gasteiger partial charge in [0.05, 0.1) is 18.4 Å². The van der Waals surface area contributed by atoms with Gasteiger partial charge in [0.25, 0.3) is 0 Å². The first-order valence-corrected chi connectivity index (χ1v) is 21.1. The predicted octanol–water partition coefficient (Wildman–Crippen LogP) is 10.1. The van der Waals surface area contributed by atoms with E-state index in [1.165, 1.54) is 39.2 Å². The molecule has 2 aromatic rings. The van der Waals surface area contributed by atoms with Crippen molar-refractivity contribution in [2.24, 2.45) is 11.3 Å². The summed E-state index contributed by atoms with van der Waals surface area (Å²) in [6.07, 6.45) is 5.72. The molecule has 1 aliphatic carbocycles. The molecule has 46 heavy (non-hydrogen) atoms. The zero-order valence-electron chi connectivity index (χ0n) is 30.8. The van der Waals surface area contributed by atoms with Crippen LogP contribution in [0, 0.1) is 11.3 Å². The summed E-state index contributed by atoms with van der Waals surface area (Å²) in [6, 6.07) is 9.29. The van der Waals surface area contributed by atoms with Crippen molar-refractivity contribution in [2.45, 2.75) is 148 Å². The van der Waals surface area contributed by atoms with Crippen LogP contribution in [0.1, 0.15) is 152 Å². The monoisotopic (exact) mass is 647 g/mol. The molecule has 254 valence electrons. The van der Waals surface area contributed by atoms with Crippen molar-refractivity contribution in [1.29, 1.82) is 0 Å². The zero-order chi connectivity index (χ0) is 33.3. The lowest BCUT2D eigenvalue weighted by Crippen LogP contribution is -2.46. The van der Waals surface area contributed by atoms with Crippen LogP contribution in [0.15, 0.2) is 24.3 Å². The molecular weight excluding hydrogens is 587 g/mol. The first kappa shape index (κ1) is 34.3. The average molecular weight is 648 g/mol. The van der Waals surface area contributed by atoms with Gasteiger partial charge in [-0.05, 0) is 77.8 Å². The molecule has 0 radical (unpaired) electrons. The Labute approximate surface area is 280 Å². The Morgan fingerprint density at radius 2 is 1.61 bits per heavy atom. The van der Waals surface area contributed by atoms with E-state index in [9.17, 15) is 0 Å². The maximum Gasteiger partial charge on any atom is 0.192 e. The van der Waals surface area contributed by atoms with Crippen molar-refractivity contribution < 1.29 is 18.6 Å². The van der Waals surface area contributed by atoms with E-state index < -0.39 is 13.9 Å². The average Bonchev–Trinajstić information content (AvgIpc) is 3.30. The molecular formula is C40H61NO4Si. The minimum atomic E-state index is -2.10. The van der Waals surface area contributed by atoms with Gasteiger partial charge in [0.15, 0.2) is 8.32 Å². The summed E-state index contributed by atoms with van der Waals surface area (Å²) in [7, 11) is -2.10. The van der Waals surface area contributed by atoms with E-state index in [2.05, 4.69) is 99.7 Å². The van der Waals surface area contributed by atoms with E-state index in [-0.39, 0.29) is 34.0 Å². The van der Waals surface area contributed by atoms with E-state index in [1.807, 2.05) is 0 Å². The van der Waals surface area contributed by atoms with Crippen LogP contribution in [0.2, 0.25) is 18.1 Å². The zero-order valence-corrected chi connectivity index (χ0v) is 31.8. The minimum absolute atomic E-state index is 0.00692. The first-order chi connectivity index (χ1) is 21.5. The largest absolute Gasteiger partial charge is 0.410 e. The highest BCUT2D eigenvalue weighted by Crippen LogP contribution is 2.61. The van der Waals surface area contributed by atoms with Crippen LogP contribution in [0.3, 0.4) is 0 Å². The summed E-state index contributed by atoms with van der Waals surface area (Å²) in [6.45, 7) is 28.9. The van der Waals surface area contributed by atoms with E-state index >= 15 is 0 Å². The number of ether oxygens (including phenoxy) is 3. The Bertz CT molecular complexity index is 1410. The number of pyridine rings is 1. The minimum Gasteiger partial charge on any atom is -0.410 e. The maximum absolute atomic E-state index is 7.68. The van der Waals surface area contributed by atoms with Crippen molar-refractivity contribution in [3.8, 4) is 0 Å². The Hall–Kier alpha value is -1.57. The van der Waals surface area contributed by atoms with Gasteiger partial charge >= 0.3 is 0 Å². The lowest BCUT2D eigenvalue weighted by atomic mass is 9.67. The molecule has 2 fully saturated rings. The van der Waals surface area contributed by atoms with E-state index in [1.54, 1.807) is 0 Å². The fraction of sp³-hybridized carbons (Fsp3) is 0.725. The molecule has 5 nitrogen and oxygen atoms in total. The number of aromatic nitrogens is 1. The summed E-state index contributed by atoms with van der Waals surface area (Å²) in [5.74, 6) is 0.643. The quantitative estimate of drug-likeness (QED) is 0.302. The van der Waals surface area contributed by atoms with Crippen LogP contribution >= 0.6 is 0 Å². The number of nitrogens with zero attached hydrogens (tertiary/aromatic N) is 1. The summed E-state index contributed by atoms with van der Waals surface area (Å²) < 4.78 is 27.3. The molecule has 6 rings (SSSR count). The van der Waals surface area contributed by atoms with Gasteiger partial charge in [-0.25, -0.2) is 0 Å². The van der Waals surface area contributed by atoms with E-state index in [4.69, 9.17) is 23.6 Å². The highest BCUT2D eigenvalue weighted by Gasteiger charge is 2.57. The maximum atomic E-state index is 7.68. The summed E-state index contributed by atoms with van der Waals surface area (Å²) >= 11 is 0. The Morgan fingerprint density at radius 3 is 2.22 bits per heavy atom. The molecule has 4 unspecified atom stereocenters. The molecule has 1 aromatic heterocycles. The molecule has 4 heterocycles. The van der Waals surface area contributed by atoms with Gasteiger partial charge in [0.2, 0.25) is 0 Å². The van der Waals surface area contributed by atoms with E-state index in [0.29, 0.717) is 12.5 Å². The predicted molar refractivity (Wildman–Crippen MR) is 189 cm³/mol. The number of fused-ring (bicyclic) bond motifs is 4. The lowest BCUT2D eigenvalue weighted by molar-refractivity contribution is -0.163. The van der Waals surface area contributed by atoms with Gasteiger partial charge in [0.1, 0.15) is 11.7 Å². The highest BCUT2D eigenvalue weighted by molar-refractivity contribution is 6.74. The van der Waals surface area contributed by atoms with Crippen LogP contribution in [-0.4, -0.2) is 39.7 Å². The third-order valence-electron chi connectivity index (χ3n) is 12.1. The van der Waals surface area contributed by atoms with Crippen molar-refractivity contribution in [1.82, 2.24) is 4.98 Å². The molecule has 6 heteroatoms. The second kappa shape index (κ2) is 12.1. The van der Waals surface area contributed by atoms with Crippen molar-refractivity contribution in [2.75, 3.05) is 26.4 Å². The van der Waals surface area contributed by atoms with Crippen LogP contribution in [0.25, 0.3) is 0 Å². The standard InChI is InChI=1S/C40H61NO4Si/c1-12-28-25-43-22-19-40(28)34-32-30(23-39(8,9)24-31(32)45-46(10,11)38(5,6)7)41-35(26-17-20-42-21-18-26)33(34)36(44-40)27-13-15-29(16-14-27)37(2,3)4/h13-16,26,28,31,36H,12,17-25H2,1-11H3. The third-order valence-corrected chi connectivity index (χ3v) is 16.6. The molecule has 3 aliphatic heterocycles. The molecule has 1 aromatic carbocycles. The molecule has 0 bridgehead atoms.